The van der Waals surface area contributed by atoms with E-state index < -0.39 is 5.97 Å². The Morgan fingerprint density at radius 3 is 2.54 bits per heavy atom. The van der Waals surface area contributed by atoms with E-state index in [9.17, 15) is 14.4 Å². The molecule has 1 saturated heterocycles. The molecule has 4 rings (SSSR count). The van der Waals surface area contributed by atoms with E-state index in [2.05, 4.69) is 0 Å². The summed E-state index contributed by atoms with van der Waals surface area (Å²) in [7, 11) is 0. The lowest BCUT2D eigenvalue weighted by Gasteiger charge is -2.19. The zero-order valence-corrected chi connectivity index (χ0v) is 14.8. The number of hydrogen-bond acceptors (Lipinski definition) is 6. The van der Waals surface area contributed by atoms with E-state index in [1.54, 1.807) is 12.1 Å². The van der Waals surface area contributed by atoms with Gasteiger partial charge in [-0.15, -0.1) is 0 Å². The van der Waals surface area contributed by atoms with Crippen molar-refractivity contribution in [1.29, 1.82) is 0 Å². The van der Waals surface area contributed by atoms with Crippen molar-refractivity contribution in [2.45, 2.75) is 32.3 Å². The minimum atomic E-state index is -0.626. The van der Waals surface area contributed by atoms with Gasteiger partial charge in [0.25, 0.3) is 0 Å². The molecule has 2 atom stereocenters. The highest BCUT2D eigenvalue weighted by Crippen LogP contribution is 2.40. The maximum Gasteiger partial charge on any atom is 0.326 e. The Bertz CT molecular complexity index is 755. The number of benzene rings is 1. The third-order valence-corrected chi connectivity index (χ3v) is 5.39. The number of hydrogen-bond donors (Lipinski definition) is 0. The summed E-state index contributed by atoms with van der Waals surface area (Å²) in [6, 6.07) is 3.31. The Kier molecular flexibility index (Phi) is 4.48. The van der Waals surface area contributed by atoms with E-state index in [1.807, 2.05) is 0 Å². The van der Waals surface area contributed by atoms with Gasteiger partial charge in [-0.05, 0) is 30.5 Å². The number of halogens is 1. The molecule has 2 fully saturated rings. The summed E-state index contributed by atoms with van der Waals surface area (Å²) in [6.45, 7) is -0.277. The highest BCUT2D eigenvalue weighted by atomic mass is 35.5. The lowest BCUT2D eigenvalue weighted by molar-refractivity contribution is -0.153. The molecule has 2 heterocycles. The van der Waals surface area contributed by atoms with Crippen LogP contribution in [-0.2, 0) is 25.7 Å². The maximum atomic E-state index is 12.4. The first-order valence-corrected chi connectivity index (χ1v) is 9.01. The Morgan fingerprint density at radius 1 is 1.15 bits per heavy atom. The van der Waals surface area contributed by atoms with Crippen LogP contribution in [0.5, 0.6) is 11.5 Å². The standard InChI is InChI=1S/C18H18ClNO6/c19-13-5-10(6-14-16(13)26-9-25-14)8-24-15(21)7-20-17(22)11-3-1-2-4-12(11)18(20)23/h5-6,11-12H,1-4,7-9H2/t11-,12+. The van der Waals surface area contributed by atoms with E-state index in [0.717, 1.165) is 30.6 Å². The van der Waals surface area contributed by atoms with Crippen molar-refractivity contribution < 1.29 is 28.6 Å². The van der Waals surface area contributed by atoms with Gasteiger partial charge in [0.15, 0.2) is 11.5 Å². The Morgan fingerprint density at radius 2 is 1.85 bits per heavy atom. The molecule has 2 aliphatic heterocycles. The van der Waals surface area contributed by atoms with Gasteiger partial charge in [0.05, 0.1) is 16.9 Å². The number of ether oxygens (including phenoxy) is 3. The van der Waals surface area contributed by atoms with Crippen LogP contribution in [0, 0.1) is 11.8 Å². The Hall–Kier alpha value is -2.28. The summed E-state index contributed by atoms with van der Waals surface area (Å²) < 4.78 is 15.7. The summed E-state index contributed by atoms with van der Waals surface area (Å²) in [5, 5.41) is 0.375. The van der Waals surface area contributed by atoms with Crippen LogP contribution < -0.4 is 9.47 Å². The number of imide groups is 1. The molecule has 138 valence electrons. The molecule has 26 heavy (non-hydrogen) atoms. The highest BCUT2D eigenvalue weighted by molar-refractivity contribution is 6.32. The van der Waals surface area contributed by atoms with Crippen molar-refractivity contribution in [3.05, 3.63) is 22.7 Å². The van der Waals surface area contributed by atoms with Crippen LogP contribution in [0.3, 0.4) is 0 Å². The van der Waals surface area contributed by atoms with Gasteiger partial charge in [-0.1, -0.05) is 24.4 Å². The fourth-order valence-corrected chi connectivity index (χ4v) is 4.12. The number of rotatable bonds is 4. The largest absolute Gasteiger partial charge is 0.459 e. The number of fused-ring (bicyclic) bond motifs is 2. The maximum absolute atomic E-state index is 12.4. The van der Waals surface area contributed by atoms with Gasteiger partial charge in [-0.2, -0.15) is 0 Å². The van der Waals surface area contributed by atoms with Crippen molar-refractivity contribution in [1.82, 2.24) is 4.90 Å². The quantitative estimate of drug-likeness (QED) is 0.589. The Labute approximate surface area is 155 Å². The van der Waals surface area contributed by atoms with Crippen LogP contribution in [-0.4, -0.2) is 36.0 Å². The molecule has 7 nitrogen and oxygen atoms in total. The van der Waals surface area contributed by atoms with Crippen molar-refractivity contribution in [3.63, 3.8) is 0 Å². The molecular weight excluding hydrogens is 362 g/mol. The predicted molar refractivity (Wildman–Crippen MR) is 89.5 cm³/mol. The van der Waals surface area contributed by atoms with Crippen molar-refractivity contribution in [2.75, 3.05) is 13.3 Å². The lowest BCUT2D eigenvalue weighted by atomic mass is 9.81. The summed E-state index contributed by atoms with van der Waals surface area (Å²) in [5.41, 5.74) is 0.639. The van der Waals surface area contributed by atoms with Crippen LogP contribution in [0.1, 0.15) is 31.2 Å². The number of carbonyl (C=O) groups excluding carboxylic acids is 3. The molecule has 1 aromatic rings. The molecule has 2 amide bonds. The number of amides is 2. The van der Waals surface area contributed by atoms with E-state index in [-0.39, 0.29) is 43.6 Å². The van der Waals surface area contributed by atoms with Gasteiger partial charge in [0.2, 0.25) is 18.6 Å². The van der Waals surface area contributed by atoms with Gasteiger partial charge < -0.3 is 14.2 Å². The number of likely N-dealkylation sites (tertiary alicyclic amines) is 1. The molecule has 0 bridgehead atoms. The molecule has 0 N–H and O–H groups in total. The summed E-state index contributed by atoms with van der Waals surface area (Å²) >= 11 is 6.09. The average Bonchev–Trinajstić information content (AvgIpc) is 3.20. The molecule has 0 spiro atoms. The van der Waals surface area contributed by atoms with Gasteiger partial charge >= 0.3 is 5.97 Å². The molecular formula is C18H18ClNO6. The van der Waals surface area contributed by atoms with E-state index >= 15 is 0 Å². The summed E-state index contributed by atoms with van der Waals surface area (Å²) in [6.07, 6.45) is 3.33. The fourth-order valence-electron chi connectivity index (χ4n) is 3.83. The molecule has 3 aliphatic rings. The molecule has 1 aliphatic carbocycles. The van der Waals surface area contributed by atoms with Gasteiger partial charge in [-0.3, -0.25) is 19.3 Å². The summed E-state index contributed by atoms with van der Waals surface area (Å²) in [4.78, 5) is 37.9. The van der Waals surface area contributed by atoms with Gasteiger partial charge in [0.1, 0.15) is 13.2 Å². The minimum absolute atomic E-state index is 0.0295. The second-order valence-electron chi connectivity index (χ2n) is 6.73. The first-order chi connectivity index (χ1) is 12.5. The smallest absolute Gasteiger partial charge is 0.326 e. The zero-order chi connectivity index (χ0) is 18.3. The SMILES string of the molecule is O=C(CN1C(=O)[C@H]2CCCC[C@H]2C1=O)OCc1cc(Cl)c2c(c1)OCO2. The predicted octanol–water partition coefficient (Wildman–Crippen LogP) is 2.29. The number of carbonyl (C=O) groups is 3. The second kappa shape index (κ2) is 6.79. The Balaban J connectivity index is 1.37. The number of nitrogens with zero attached hydrogens (tertiary/aromatic N) is 1. The van der Waals surface area contributed by atoms with Crippen LogP contribution >= 0.6 is 11.6 Å². The van der Waals surface area contributed by atoms with Crippen LogP contribution in [0.15, 0.2) is 12.1 Å². The second-order valence-corrected chi connectivity index (χ2v) is 7.14. The first-order valence-electron chi connectivity index (χ1n) is 8.63. The molecule has 0 aromatic heterocycles. The van der Waals surface area contributed by atoms with Crippen LogP contribution in [0.4, 0.5) is 0 Å². The van der Waals surface area contributed by atoms with E-state index in [4.69, 9.17) is 25.8 Å². The molecule has 0 radical (unpaired) electrons. The topological polar surface area (TPSA) is 82.1 Å². The first kappa shape index (κ1) is 17.1. The van der Waals surface area contributed by atoms with E-state index in [0.29, 0.717) is 22.1 Å². The zero-order valence-electron chi connectivity index (χ0n) is 14.0. The normalized spacial score (nSPS) is 24.0. The fraction of sp³-hybridized carbons (Fsp3) is 0.500. The monoisotopic (exact) mass is 379 g/mol. The third kappa shape index (κ3) is 3.00. The minimum Gasteiger partial charge on any atom is -0.459 e. The molecule has 0 unspecified atom stereocenters. The van der Waals surface area contributed by atoms with Gasteiger partial charge in [0, 0.05) is 0 Å². The van der Waals surface area contributed by atoms with Crippen LogP contribution in [0.2, 0.25) is 5.02 Å². The van der Waals surface area contributed by atoms with Gasteiger partial charge in [-0.25, -0.2) is 0 Å². The van der Waals surface area contributed by atoms with E-state index in [1.165, 1.54) is 0 Å². The highest BCUT2D eigenvalue weighted by Gasteiger charge is 2.48. The molecule has 1 aromatic carbocycles. The number of esters is 1. The van der Waals surface area contributed by atoms with Crippen molar-refractivity contribution >= 4 is 29.4 Å². The molecule has 8 heteroatoms. The van der Waals surface area contributed by atoms with Crippen LogP contribution in [0.25, 0.3) is 0 Å². The molecule has 1 saturated carbocycles. The lowest BCUT2D eigenvalue weighted by Crippen LogP contribution is -2.36. The van der Waals surface area contributed by atoms with Crippen molar-refractivity contribution in [2.24, 2.45) is 11.8 Å². The summed E-state index contributed by atoms with van der Waals surface area (Å²) in [5.74, 6) is -0.687. The third-order valence-electron chi connectivity index (χ3n) is 5.11. The van der Waals surface area contributed by atoms with Crippen molar-refractivity contribution in [3.8, 4) is 11.5 Å². The average molecular weight is 380 g/mol.